The zero-order valence-corrected chi connectivity index (χ0v) is 7.88. The van der Waals surface area contributed by atoms with E-state index in [-0.39, 0.29) is 0 Å². The molecule has 1 saturated heterocycles. The third-order valence-corrected chi connectivity index (χ3v) is 3.66. The SMILES string of the molecule is CCC1(CN)CCOC1C1CC1. The lowest BCUT2D eigenvalue weighted by atomic mass is 9.77. The Morgan fingerprint density at radius 2 is 2.25 bits per heavy atom. The predicted octanol–water partition coefficient (Wildman–Crippen LogP) is 1.54. The first kappa shape index (κ1) is 8.52. The number of ether oxygens (including phenoxy) is 1. The normalized spacial score (nSPS) is 42.0. The number of rotatable bonds is 3. The monoisotopic (exact) mass is 169 g/mol. The minimum Gasteiger partial charge on any atom is -0.377 e. The van der Waals surface area contributed by atoms with E-state index in [4.69, 9.17) is 10.5 Å². The first-order chi connectivity index (χ1) is 5.82. The van der Waals surface area contributed by atoms with E-state index >= 15 is 0 Å². The van der Waals surface area contributed by atoms with Gasteiger partial charge in [0.1, 0.15) is 0 Å². The molecule has 1 aliphatic carbocycles. The van der Waals surface area contributed by atoms with E-state index in [2.05, 4.69) is 6.92 Å². The molecular weight excluding hydrogens is 150 g/mol. The lowest BCUT2D eigenvalue weighted by Gasteiger charge is -2.31. The maximum atomic E-state index is 5.86. The van der Waals surface area contributed by atoms with E-state index in [0.29, 0.717) is 11.5 Å². The summed E-state index contributed by atoms with van der Waals surface area (Å²) in [6, 6.07) is 0. The van der Waals surface area contributed by atoms with Gasteiger partial charge in [-0.25, -0.2) is 0 Å². The molecule has 2 rings (SSSR count). The highest BCUT2D eigenvalue weighted by Gasteiger charge is 2.48. The molecule has 1 aliphatic heterocycles. The third kappa shape index (κ3) is 1.17. The molecule has 0 amide bonds. The smallest absolute Gasteiger partial charge is 0.0672 e. The first-order valence-electron chi connectivity index (χ1n) is 5.14. The van der Waals surface area contributed by atoms with Crippen LogP contribution >= 0.6 is 0 Å². The Morgan fingerprint density at radius 3 is 2.75 bits per heavy atom. The van der Waals surface area contributed by atoms with Crippen molar-refractivity contribution in [3.63, 3.8) is 0 Å². The number of nitrogens with two attached hydrogens (primary N) is 1. The van der Waals surface area contributed by atoms with Crippen LogP contribution in [0.2, 0.25) is 0 Å². The summed E-state index contributed by atoms with van der Waals surface area (Å²) in [7, 11) is 0. The average molecular weight is 169 g/mol. The molecule has 0 aromatic heterocycles. The molecule has 2 aliphatic rings. The van der Waals surface area contributed by atoms with Gasteiger partial charge in [0.05, 0.1) is 6.10 Å². The van der Waals surface area contributed by atoms with E-state index < -0.39 is 0 Å². The summed E-state index contributed by atoms with van der Waals surface area (Å²) in [5, 5.41) is 0. The summed E-state index contributed by atoms with van der Waals surface area (Å²) in [6.07, 6.45) is 5.59. The fourth-order valence-corrected chi connectivity index (χ4v) is 2.48. The van der Waals surface area contributed by atoms with Gasteiger partial charge in [-0.3, -0.25) is 0 Å². The van der Waals surface area contributed by atoms with Crippen molar-refractivity contribution in [3.05, 3.63) is 0 Å². The average Bonchev–Trinajstić information content (AvgIpc) is 2.86. The highest BCUT2D eigenvalue weighted by atomic mass is 16.5. The Balaban J connectivity index is 2.09. The van der Waals surface area contributed by atoms with Gasteiger partial charge in [-0.2, -0.15) is 0 Å². The lowest BCUT2D eigenvalue weighted by molar-refractivity contribution is 0.0327. The molecule has 2 fully saturated rings. The van der Waals surface area contributed by atoms with Crippen molar-refractivity contribution in [2.45, 2.75) is 38.7 Å². The quantitative estimate of drug-likeness (QED) is 0.695. The van der Waals surface area contributed by atoms with E-state index in [1.165, 1.54) is 25.7 Å². The minimum atomic E-state index is 0.334. The van der Waals surface area contributed by atoms with Gasteiger partial charge in [-0.05, 0) is 31.6 Å². The molecule has 2 unspecified atom stereocenters. The molecule has 70 valence electrons. The highest BCUT2D eigenvalue weighted by Crippen LogP contribution is 2.48. The first-order valence-corrected chi connectivity index (χ1v) is 5.14. The second kappa shape index (κ2) is 3.00. The maximum Gasteiger partial charge on any atom is 0.0672 e. The molecule has 0 bridgehead atoms. The van der Waals surface area contributed by atoms with Gasteiger partial charge in [0.15, 0.2) is 0 Å². The number of hydrogen-bond acceptors (Lipinski definition) is 2. The summed E-state index contributed by atoms with van der Waals surface area (Å²) in [5.74, 6) is 0.844. The molecular formula is C10H19NO. The number of hydrogen-bond donors (Lipinski definition) is 1. The second-order valence-electron chi connectivity index (χ2n) is 4.30. The fraction of sp³-hybridized carbons (Fsp3) is 1.00. The van der Waals surface area contributed by atoms with Crippen LogP contribution in [0.5, 0.6) is 0 Å². The van der Waals surface area contributed by atoms with Crippen LogP contribution in [0.1, 0.15) is 32.6 Å². The van der Waals surface area contributed by atoms with Crippen molar-refractivity contribution in [2.24, 2.45) is 17.1 Å². The zero-order chi connectivity index (χ0) is 8.60. The molecule has 0 spiro atoms. The molecule has 2 heteroatoms. The van der Waals surface area contributed by atoms with Crippen LogP contribution in [0.3, 0.4) is 0 Å². The van der Waals surface area contributed by atoms with Crippen LogP contribution in [0.25, 0.3) is 0 Å². The van der Waals surface area contributed by atoms with Crippen molar-refractivity contribution in [1.29, 1.82) is 0 Å². The van der Waals surface area contributed by atoms with E-state index in [0.717, 1.165) is 19.1 Å². The Bertz CT molecular complexity index is 161. The Kier molecular flexibility index (Phi) is 2.13. The summed E-state index contributed by atoms with van der Waals surface area (Å²) in [6.45, 7) is 3.99. The van der Waals surface area contributed by atoms with Gasteiger partial charge in [0.25, 0.3) is 0 Å². The van der Waals surface area contributed by atoms with Crippen molar-refractivity contribution < 1.29 is 4.74 Å². The van der Waals surface area contributed by atoms with Crippen LogP contribution in [-0.4, -0.2) is 19.3 Å². The fourth-order valence-electron chi connectivity index (χ4n) is 2.48. The summed E-state index contributed by atoms with van der Waals surface area (Å²) in [4.78, 5) is 0. The van der Waals surface area contributed by atoms with E-state index in [1.54, 1.807) is 0 Å². The van der Waals surface area contributed by atoms with Crippen molar-refractivity contribution in [1.82, 2.24) is 0 Å². The lowest BCUT2D eigenvalue weighted by Crippen LogP contribution is -2.39. The molecule has 2 atom stereocenters. The second-order valence-corrected chi connectivity index (χ2v) is 4.30. The molecule has 0 aromatic carbocycles. The largest absolute Gasteiger partial charge is 0.377 e. The molecule has 0 aromatic rings. The Labute approximate surface area is 74.5 Å². The van der Waals surface area contributed by atoms with Crippen LogP contribution in [0.15, 0.2) is 0 Å². The van der Waals surface area contributed by atoms with Gasteiger partial charge < -0.3 is 10.5 Å². The van der Waals surface area contributed by atoms with Crippen LogP contribution in [-0.2, 0) is 4.74 Å². The standard InChI is InChI=1S/C10H19NO/c1-2-10(7-11)5-6-12-9(10)8-3-4-8/h8-9H,2-7,11H2,1H3. The van der Waals surface area contributed by atoms with Gasteiger partial charge >= 0.3 is 0 Å². The molecule has 0 radical (unpaired) electrons. The van der Waals surface area contributed by atoms with Crippen LogP contribution in [0.4, 0.5) is 0 Å². The van der Waals surface area contributed by atoms with Crippen LogP contribution in [0, 0.1) is 11.3 Å². The van der Waals surface area contributed by atoms with Gasteiger partial charge in [0.2, 0.25) is 0 Å². The summed E-state index contributed by atoms with van der Waals surface area (Å²) in [5.41, 5.74) is 6.19. The third-order valence-electron chi connectivity index (χ3n) is 3.66. The molecule has 2 nitrogen and oxygen atoms in total. The van der Waals surface area contributed by atoms with Crippen molar-refractivity contribution in [2.75, 3.05) is 13.2 Å². The zero-order valence-electron chi connectivity index (χ0n) is 7.88. The van der Waals surface area contributed by atoms with Gasteiger partial charge in [-0.1, -0.05) is 6.92 Å². The molecule has 12 heavy (non-hydrogen) atoms. The van der Waals surface area contributed by atoms with E-state index in [1.807, 2.05) is 0 Å². The van der Waals surface area contributed by atoms with Gasteiger partial charge in [-0.15, -0.1) is 0 Å². The highest BCUT2D eigenvalue weighted by molar-refractivity contribution is 4.99. The molecule has 2 N–H and O–H groups in total. The van der Waals surface area contributed by atoms with E-state index in [9.17, 15) is 0 Å². The van der Waals surface area contributed by atoms with Crippen molar-refractivity contribution >= 4 is 0 Å². The Hall–Kier alpha value is -0.0800. The minimum absolute atomic E-state index is 0.334. The summed E-state index contributed by atoms with van der Waals surface area (Å²) >= 11 is 0. The Morgan fingerprint density at radius 1 is 1.50 bits per heavy atom. The van der Waals surface area contributed by atoms with Gasteiger partial charge in [0, 0.05) is 18.6 Å². The predicted molar refractivity (Wildman–Crippen MR) is 48.9 cm³/mol. The maximum absolute atomic E-state index is 5.86. The molecule has 1 heterocycles. The van der Waals surface area contributed by atoms with Crippen molar-refractivity contribution in [3.8, 4) is 0 Å². The molecule has 1 saturated carbocycles. The van der Waals surface area contributed by atoms with Crippen LogP contribution < -0.4 is 5.73 Å². The topological polar surface area (TPSA) is 35.2 Å². The summed E-state index contributed by atoms with van der Waals surface area (Å²) < 4.78 is 5.79.